The van der Waals surface area contributed by atoms with Crippen LogP contribution in [0.15, 0.2) is 22.5 Å². The van der Waals surface area contributed by atoms with Gasteiger partial charge in [-0.25, -0.2) is 4.98 Å². The molecule has 1 amide bonds. The maximum atomic E-state index is 12.0. The van der Waals surface area contributed by atoms with Gasteiger partial charge in [-0.05, 0) is 32.2 Å². The van der Waals surface area contributed by atoms with Crippen LogP contribution in [0, 0.1) is 22.7 Å². The van der Waals surface area contributed by atoms with Crippen LogP contribution in [0.25, 0.3) is 10.4 Å². The fraction of sp³-hybridized carbons (Fsp3) is 0.294. The van der Waals surface area contributed by atoms with Gasteiger partial charge in [0.1, 0.15) is 28.5 Å². The van der Waals surface area contributed by atoms with Crippen LogP contribution in [-0.2, 0) is 4.79 Å². The van der Waals surface area contributed by atoms with E-state index in [2.05, 4.69) is 16.4 Å². The molecule has 0 radical (unpaired) electrons. The molecule has 2 rings (SSSR count). The fourth-order valence-corrected chi connectivity index (χ4v) is 3.74. The van der Waals surface area contributed by atoms with Gasteiger partial charge in [0, 0.05) is 16.0 Å². The number of anilines is 1. The first kappa shape index (κ1) is 18.8. The van der Waals surface area contributed by atoms with Crippen molar-refractivity contribution in [2.45, 2.75) is 31.3 Å². The fourth-order valence-electron chi connectivity index (χ4n) is 2.16. The number of nitrogens with two attached hydrogens (primary N) is 1. The van der Waals surface area contributed by atoms with Crippen LogP contribution in [-0.4, -0.2) is 22.2 Å². The van der Waals surface area contributed by atoms with E-state index in [1.165, 1.54) is 11.3 Å². The maximum absolute atomic E-state index is 12.0. The van der Waals surface area contributed by atoms with E-state index in [0.717, 1.165) is 16.6 Å². The number of carbonyl (C=O) groups excluding carboxylic acids is 1. The predicted octanol–water partition coefficient (Wildman–Crippen LogP) is 3.14. The molecule has 0 aliphatic heterocycles. The Morgan fingerprint density at radius 3 is 2.56 bits per heavy atom. The quantitative estimate of drug-likeness (QED) is 0.798. The molecule has 0 spiro atoms. The molecular weight excluding hydrogens is 354 g/mol. The van der Waals surface area contributed by atoms with Crippen molar-refractivity contribution in [2.75, 3.05) is 11.5 Å². The summed E-state index contributed by atoms with van der Waals surface area (Å²) in [6.07, 6.45) is 0. The summed E-state index contributed by atoms with van der Waals surface area (Å²) in [4.78, 5) is 17.0. The number of thiophene rings is 1. The molecular formula is C17H17N5OS2. The minimum absolute atomic E-state index is 0.0589. The molecule has 2 heterocycles. The Kier molecular flexibility index (Phi) is 5.68. The van der Waals surface area contributed by atoms with Crippen molar-refractivity contribution in [3.05, 3.63) is 28.6 Å². The molecule has 25 heavy (non-hydrogen) atoms. The van der Waals surface area contributed by atoms with Crippen molar-refractivity contribution in [3.63, 3.8) is 0 Å². The smallest absolute Gasteiger partial charge is 0.230 e. The monoisotopic (exact) mass is 371 g/mol. The summed E-state index contributed by atoms with van der Waals surface area (Å²) in [5.74, 6) is 0.00109. The highest BCUT2D eigenvalue weighted by Gasteiger charge is 2.22. The highest BCUT2D eigenvalue weighted by molar-refractivity contribution is 8.00. The molecule has 128 valence electrons. The van der Waals surface area contributed by atoms with Crippen LogP contribution in [0.4, 0.5) is 5.82 Å². The number of nitriles is 2. The van der Waals surface area contributed by atoms with Gasteiger partial charge in [0.25, 0.3) is 0 Å². The van der Waals surface area contributed by atoms with Crippen molar-refractivity contribution >= 4 is 34.8 Å². The van der Waals surface area contributed by atoms with Gasteiger partial charge in [0.05, 0.1) is 11.3 Å². The molecule has 0 aromatic carbocycles. The zero-order valence-electron chi connectivity index (χ0n) is 14.1. The van der Waals surface area contributed by atoms with Crippen LogP contribution in [0.5, 0.6) is 0 Å². The first-order valence-corrected chi connectivity index (χ1v) is 9.24. The second-order valence-electron chi connectivity index (χ2n) is 6.21. The number of hydrogen-bond acceptors (Lipinski definition) is 7. The van der Waals surface area contributed by atoms with Gasteiger partial charge >= 0.3 is 0 Å². The van der Waals surface area contributed by atoms with Gasteiger partial charge in [0.2, 0.25) is 5.91 Å². The van der Waals surface area contributed by atoms with E-state index < -0.39 is 0 Å². The largest absolute Gasteiger partial charge is 0.383 e. The zero-order valence-corrected chi connectivity index (χ0v) is 15.7. The summed E-state index contributed by atoms with van der Waals surface area (Å²) in [6.45, 7) is 5.68. The van der Waals surface area contributed by atoms with E-state index in [4.69, 9.17) is 5.73 Å². The third-order valence-electron chi connectivity index (χ3n) is 3.04. The average Bonchev–Trinajstić information content (AvgIpc) is 3.04. The number of amides is 1. The van der Waals surface area contributed by atoms with Crippen LogP contribution in [0.3, 0.4) is 0 Å². The molecule has 8 heteroatoms. The number of nitrogen functional groups attached to an aromatic ring is 1. The van der Waals surface area contributed by atoms with Gasteiger partial charge in [-0.1, -0.05) is 17.8 Å². The van der Waals surface area contributed by atoms with Gasteiger partial charge in [0.15, 0.2) is 0 Å². The molecule has 3 N–H and O–H groups in total. The molecule has 0 fully saturated rings. The van der Waals surface area contributed by atoms with E-state index in [1.54, 1.807) is 0 Å². The lowest BCUT2D eigenvalue weighted by atomic mass is 10.0. The number of aromatic nitrogens is 1. The van der Waals surface area contributed by atoms with E-state index >= 15 is 0 Å². The molecule has 0 saturated carbocycles. The Bertz CT molecular complexity index is 870. The zero-order chi connectivity index (χ0) is 18.6. The summed E-state index contributed by atoms with van der Waals surface area (Å²) < 4.78 is 0. The number of nitrogens with zero attached hydrogens (tertiary/aromatic N) is 3. The maximum Gasteiger partial charge on any atom is 0.230 e. The lowest BCUT2D eigenvalue weighted by Gasteiger charge is -2.20. The highest BCUT2D eigenvalue weighted by Crippen LogP contribution is 2.37. The SMILES string of the molecule is CC(C)(C)NC(=O)CSc1nc(N)c(C#N)c(-c2cccs2)c1C#N. The van der Waals surface area contributed by atoms with Crippen LogP contribution < -0.4 is 11.1 Å². The van der Waals surface area contributed by atoms with Crippen molar-refractivity contribution < 1.29 is 4.79 Å². The van der Waals surface area contributed by atoms with Crippen molar-refractivity contribution in [1.29, 1.82) is 10.5 Å². The molecule has 0 unspecified atom stereocenters. The minimum Gasteiger partial charge on any atom is -0.383 e. The van der Waals surface area contributed by atoms with E-state index in [-0.39, 0.29) is 34.1 Å². The number of thioether (sulfide) groups is 1. The van der Waals surface area contributed by atoms with Crippen LogP contribution in [0.2, 0.25) is 0 Å². The summed E-state index contributed by atoms with van der Waals surface area (Å²) in [7, 11) is 0. The second kappa shape index (κ2) is 7.56. The molecule has 0 saturated heterocycles. The predicted molar refractivity (Wildman–Crippen MR) is 100 cm³/mol. The molecule has 2 aromatic heterocycles. The third kappa shape index (κ3) is 4.50. The lowest BCUT2D eigenvalue weighted by molar-refractivity contribution is -0.119. The summed E-state index contributed by atoms with van der Waals surface area (Å²) in [5.41, 5.74) is 6.51. The van der Waals surface area contributed by atoms with E-state index in [0.29, 0.717) is 10.6 Å². The van der Waals surface area contributed by atoms with E-state index in [1.807, 2.05) is 44.4 Å². The Morgan fingerprint density at radius 1 is 1.36 bits per heavy atom. The van der Waals surface area contributed by atoms with Crippen molar-refractivity contribution in [1.82, 2.24) is 10.3 Å². The standard InChI is InChI=1S/C17H17N5OS2/c1-17(2,3)22-13(23)9-25-16-11(8-19)14(12-5-4-6-24-12)10(7-18)15(20)21-16/h4-6H,9H2,1-3H3,(H2,20,21)(H,22,23). The Morgan fingerprint density at radius 2 is 2.04 bits per heavy atom. The number of pyridine rings is 1. The minimum atomic E-state index is -0.338. The topological polar surface area (TPSA) is 116 Å². The van der Waals surface area contributed by atoms with Crippen LogP contribution in [0.1, 0.15) is 31.9 Å². The molecule has 6 nitrogen and oxygen atoms in total. The van der Waals surface area contributed by atoms with Gasteiger partial charge < -0.3 is 11.1 Å². The molecule has 0 aliphatic carbocycles. The first-order chi connectivity index (χ1) is 11.8. The number of carbonyl (C=O) groups is 1. The molecule has 0 atom stereocenters. The second-order valence-corrected chi connectivity index (χ2v) is 8.13. The Hall–Kier alpha value is -2.55. The third-order valence-corrected chi connectivity index (χ3v) is 4.90. The molecule has 0 bridgehead atoms. The molecule has 2 aromatic rings. The number of rotatable bonds is 4. The Balaban J connectivity index is 2.42. The van der Waals surface area contributed by atoms with E-state index in [9.17, 15) is 15.3 Å². The van der Waals surface area contributed by atoms with Gasteiger partial charge in [-0.2, -0.15) is 10.5 Å². The summed E-state index contributed by atoms with van der Waals surface area (Å²) in [5, 5.41) is 24.1. The lowest BCUT2D eigenvalue weighted by Crippen LogP contribution is -2.41. The normalized spacial score (nSPS) is 10.8. The van der Waals surface area contributed by atoms with Gasteiger partial charge in [-0.15, -0.1) is 11.3 Å². The Labute approximate surface area is 154 Å². The van der Waals surface area contributed by atoms with Crippen molar-refractivity contribution in [2.24, 2.45) is 0 Å². The van der Waals surface area contributed by atoms with Gasteiger partial charge in [-0.3, -0.25) is 4.79 Å². The first-order valence-electron chi connectivity index (χ1n) is 7.38. The number of hydrogen-bond donors (Lipinski definition) is 2. The highest BCUT2D eigenvalue weighted by atomic mass is 32.2. The summed E-state index contributed by atoms with van der Waals surface area (Å²) in [6, 6.07) is 7.80. The number of nitrogens with one attached hydrogen (secondary N) is 1. The van der Waals surface area contributed by atoms with Crippen LogP contribution >= 0.6 is 23.1 Å². The van der Waals surface area contributed by atoms with Crippen molar-refractivity contribution in [3.8, 4) is 22.6 Å². The molecule has 0 aliphatic rings. The summed E-state index contributed by atoms with van der Waals surface area (Å²) >= 11 is 2.55. The average molecular weight is 371 g/mol.